The molecule has 0 radical (unpaired) electrons. The summed E-state index contributed by atoms with van der Waals surface area (Å²) in [6.45, 7) is 20.1. The minimum absolute atomic E-state index is 0.0509. The summed E-state index contributed by atoms with van der Waals surface area (Å²) < 4.78 is 0. The van der Waals surface area contributed by atoms with Gasteiger partial charge in [0.25, 0.3) is 0 Å². The van der Waals surface area contributed by atoms with E-state index in [1.807, 2.05) is 0 Å². The number of hydrogen-bond donors (Lipinski definition) is 0. The first-order valence-electron chi connectivity index (χ1n) is 13.4. The lowest BCUT2D eigenvalue weighted by Crippen LogP contribution is -2.40. The van der Waals surface area contributed by atoms with Gasteiger partial charge in [-0.3, -0.25) is 0 Å². The Morgan fingerprint density at radius 2 is 1.34 bits per heavy atom. The lowest BCUT2D eigenvalue weighted by molar-refractivity contribution is 0.326. The number of hydrogen-bond acceptors (Lipinski definition) is 2. The summed E-state index contributed by atoms with van der Waals surface area (Å²) in [4.78, 5) is 5.10. The van der Waals surface area contributed by atoms with Crippen LogP contribution in [0, 0.1) is 0 Å². The molecule has 3 aromatic rings. The maximum Gasteiger partial charge on any atom is 0.100 e. The Morgan fingerprint density at radius 3 is 2.03 bits per heavy atom. The predicted octanol–water partition coefficient (Wildman–Crippen LogP) is 9.05. The summed E-state index contributed by atoms with van der Waals surface area (Å²) in [7, 11) is 0. The molecule has 0 saturated heterocycles. The van der Waals surface area contributed by atoms with Crippen molar-refractivity contribution in [2.75, 3.05) is 16.5 Å². The highest BCUT2D eigenvalue weighted by atomic mass is 15.4. The fourth-order valence-corrected chi connectivity index (χ4v) is 7.02. The molecule has 0 unspecified atom stereocenters. The molecule has 6 rings (SSSR count). The zero-order chi connectivity index (χ0) is 24.9. The van der Waals surface area contributed by atoms with E-state index >= 15 is 0 Å². The van der Waals surface area contributed by atoms with E-state index in [4.69, 9.17) is 0 Å². The van der Waals surface area contributed by atoms with Gasteiger partial charge in [-0.25, -0.2) is 0 Å². The van der Waals surface area contributed by atoms with Crippen molar-refractivity contribution >= 4 is 22.7 Å². The van der Waals surface area contributed by atoms with Crippen LogP contribution < -0.4 is 9.80 Å². The maximum atomic E-state index is 2.60. The molecule has 182 valence electrons. The van der Waals surface area contributed by atoms with Crippen molar-refractivity contribution in [3.8, 4) is 0 Å². The molecule has 0 saturated carbocycles. The van der Waals surface area contributed by atoms with E-state index in [-0.39, 0.29) is 16.2 Å². The summed E-state index contributed by atoms with van der Waals surface area (Å²) in [6.07, 6.45) is 2.48. The maximum absolute atomic E-state index is 2.60. The Hall–Kier alpha value is -2.74. The molecule has 0 spiro atoms. The van der Waals surface area contributed by atoms with E-state index < -0.39 is 0 Å². The fourth-order valence-electron chi connectivity index (χ4n) is 7.02. The van der Waals surface area contributed by atoms with Gasteiger partial charge in [0, 0.05) is 16.8 Å². The number of anilines is 4. The van der Waals surface area contributed by atoms with Crippen LogP contribution in [0.1, 0.15) is 102 Å². The Bertz CT molecular complexity index is 1320. The molecule has 0 amide bonds. The van der Waals surface area contributed by atoms with E-state index in [2.05, 4.69) is 120 Å². The fraction of sp³-hybridized carbons (Fsp3) is 0.455. The minimum atomic E-state index is -0.0509. The average Bonchev–Trinajstić information content (AvgIpc) is 3.20. The highest BCUT2D eigenvalue weighted by Gasteiger charge is 2.48. The second-order valence-electron chi connectivity index (χ2n) is 13.2. The van der Waals surface area contributed by atoms with Gasteiger partial charge in [0.15, 0.2) is 0 Å². The molecule has 0 aromatic heterocycles. The van der Waals surface area contributed by atoms with Crippen molar-refractivity contribution in [3.05, 3.63) is 82.4 Å². The molecule has 3 aromatic carbocycles. The van der Waals surface area contributed by atoms with Crippen LogP contribution in [0.5, 0.6) is 0 Å². The molecule has 0 N–H and O–H groups in total. The Balaban J connectivity index is 1.57. The van der Waals surface area contributed by atoms with E-state index in [0.29, 0.717) is 5.92 Å². The SMILES string of the molecule is CC(C)c1ccc(N2CN3c4ccc5c(c4C(C)(C)c4cccc2c43)C(C)(C)CCC5(C)C)cc1. The van der Waals surface area contributed by atoms with Gasteiger partial charge < -0.3 is 9.80 Å². The van der Waals surface area contributed by atoms with Crippen molar-refractivity contribution in [1.29, 1.82) is 0 Å². The molecule has 2 heteroatoms. The predicted molar refractivity (Wildman–Crippen MR) is 150 cm³/mol. The van der Waals surface area contributed by atoms with Crippen molar-refractivity contribution in [2.24, 2.45) is 0 Å². The highest BCUT2D eigenvalue weighted by molar-refractivity contribution is 5.94. The van der Waals surface area contributed by atoms with E-state index in [9.17, 15) is 0 Å². The number of nitrogens with zero attached hydrogens (tertiary/aromatic N) is 2. The topological polar surface area (TPSA) is 6.48 Å². The third kappa shape index (κ3) is 3.08. The lowest BCUT2D eigenvalue weighted by Gasteiger charge is -2.49. The molecule has 0 bridgehead atoms. The Morgan fingerprint density at radius 1 is 0.657 bits per heavy atom. The molecule has 1 aliphatic carbocycles. The highest BCUT2D eigenvalue weighted by Crippen LogP contribution is 2.60. The van der Waals surface area contributed by atoms with E-state index in [0.717, 1.165) is 6.67 Å². The van der Waals surface area contributed by atoms with Crippen LogP contribution >= 0.6 is 0 Å². The molecule has 35 heavy (non-hydrogen) atoms. The van der Waals surface area contributed by atoms with Crippen LogP contribution in [0.3, 0.4) is 0 Å². The number of para-hydroxylation sites is 1. The molecule has 2 nitrogen and oxygen atoms in total. The van der Waals surface area contributed by atoms with Gasteiger partial charge >= 0.3 is 0 Å². The van der Waals surface area contributed by atoms with Gasteiger partial charge in [-0.05, 0) is 81.7 Å². The first-order valence-corrected chi connectivity index (χ1v) is 13.4. The largest absolute Gasteiger partial charge is 0.321 e. The molecular formula is C33H40N2. The average molecular weight is 465 g/mol. The van der Waals surface area contributed by atoms with Crippen molar-refractivity contribution in [3.63, 3.8) is 0 Å². The second kappa shape index (κ2) is 7.15. The van der Waals surface area contributed by atoms with E-state index in [1.54, 1.807) is 16.7 Å². The number of benzene rings is 3. The first-order chi connectivity index (χ1) is 16.4. The summed E-state index contributed by atoms with van der Waals surface area (Å²) in [5.41, 5.74) is 13.3. The molecule has 3 aliphatic rings. The van der Waals surface area contributed by atoms with Crippen LogP contribution in [0.2, 0.25) is 0 Å². The van der Waals surface area contributed by atoms with Crippen molar-refractivity contribution in [2.45, 2.75) is 90.4 Å². The third-order valence-corrected chi connectivity index (χ3v) is 9.28. The van der Waals surface area contributed by atoms with Crippen LogP contribution in [0.15, 0.2) is 54.6 Å². The Kier molecular flexibility index (Phi) is 4.64. The summed E-state index contributed by atoms with van der Waals surface area (Å²) in [6, 6.07) is 21.0. The zero-order valence-electron chi connectivity index (χ0n) is 22.8. The smallest absolute Gasteiger partial charge is 0.100 e. The van der Waals surface area contributed by atoms with Gasteiger partial charge in [0.05, 0.1) is 11.4 Å². The monoisotopic (exact) mass is 464 g/mol. The van der Waals surface area contributed by atoms with Crippen molar-refractivity contribution in [1.82, 2.24) is 0 Å². The van der Waals surface area contributed by atoms with Gasteiger partial charge in [0.1, 0.15) is 6.67 Å². The van der Waals surface area contributed by atoms with Gasteiger partial charge in [-0.1, -0.05) is 85.7 Å². The molecule has 2 heterocycles. The molecule has 0 fully saturated rings. The third-order valence-electron chi connectivity index (χ3n) is 9.28. The molecular weight excluding hydrogens is 424 g/mol. The van der Waals surface area contributed by atoms with E-state index in [1.165, 1.54) is 46.7 Å². The van der Waals surface area contributed by atoms with Crippen LogP contribution in [0.4, 0.5) is 22.7 Å². The number of rotatable bonds is 2. The van der Waals surface area contributed by atoms with Gasteiger partial charge in [0.2, 0.25) is 0 Å². The first kappa shape index (κ1) is 22.7. The van der Waals surface area contributed by atoms with Gasteiger partial charge in [-0.15, -0.1) is 0 Å². The molecule has 2 aliphatic heterocycles. The number of fused-ring (bicyclic) bond motifs is 4. The quantitative estimate of drug-likeness (QED) is 0.373. The summed E-state index contributed by atoms with van der Waals surface area (Å²) >= 11 is 0. The van der Waals surface area contributed by atoms with Crippen LogP contribution in [-0.4, -0.2) is 6.67 Å². The van der Waals surface area contributed by atoms with Gasteiger partial charge in [-0.2, -0.15) is 0 Å². The van der Waals surface area contributed by atoms with Crippen molar-refractivity contribution < 1.29 is 0 Å². The second-order valence-corrected chi connectivity index (χ2v) is 13.2. The van der Waals surface area contributed by atoms with Crippen LogP contribution in [-0.2, 0) is 16.2 Å². The summed E-state index contributed by atoms with van der Waals surface area (Å²) in [5.74, 6) is 0.548. The zero-order valence-corrected chi connectivity index (χ0v) is 22.8. The Labute approximate surface area is 212 Å². The molecule has 0 atom stereocenters. The lowest BCUT2D eigenvalue weighted by atomic mass is 9.58. The van der Waals surface area contributed by atoms with Crippen LogP contribution in [0.25, 0.3) is 0 Å². The normalized spacial score (nSPS) is 20.5. The summed E-state index contributed by atoms with van der Waals surface area (Å²) in [5, 5.41) is 0. The standard InChI is InChI=1S/C33H40N2/c1-21(2)22-12-14-23(15-13-22)34-20-35-26-17-16-24-28(32(5,6)19-18-31(24,3)4)29(26)33(7,8)25-10-9-11-27(34)30(25)35/h9-17,21H,18-20H2,1-8H3. The minimum Gasteiger partial charge on any atom is -0.321 e.